The lowest BCUT2D eigenvalue weighted by atomic mass is 10.0. The van der Waals surface area contributed by atoms with E-state index in [1.54, 1.807) is 0 Å². The molecule has 1 unspecified atom stereocenters. The Morgan fingerprint density at radius 3 is 2.50 bits per heavy atom. The first-order chi connectivity index (χ1) is 6.60. The van der Waals surface area contributed by atoms with E-state index >= 15 is 0 Å². The molecule has 0 spiro atoms. The molecule has 0 bridgehead atoms. The van der Waals surface area contributed by atoms with Crippen LogP contribution < -0.4 is 5.32 Å². The molecule has 0 aromatic rings. The van der Waals surface area contributed by atoms with Crippen molar-refractivity contribution in [2.75, 3.05) is 13.7 Å². The predicted octanol–water partition coefficient (Wildman–Crippen LogP) is 1.96. The van der Waals surface area contributed by atoms with Crippen LogP contribution in [0.25, 0.3) is 0 Å². The highest BCUT2D eigenvalue weighted by molar-refractivity contribution is 5.69. The van der Waals surface area contributed by atoms with E-state index < -0.39 is 0 Å². The van der Waals surface area contributed by atoms with E-state index in [2.05, 4.69) is 30.8 Å². The standard InChI is InChI=1S/C11H23NO2/c1-5-6-12-10(7-9(2)3)8-11(13)14-4/h9-10,12H,5-8H2,1-4H3. The van der Waals surface area contributed by atoms with E-state index in [0.717, 1.165) is 19.4 Å². The highest BCUT2D eigenvalue weighted by Gasteiger charge is 2.14. The van der Waals surface area contributed by atoms with Gasteiger partial charge in [-0.05, 0) is 25.3 Å². The first-order valence-electron chi connectivity index (χ1n) is 5.40. The average Bonchev–Trinajstić information content (AvgIpc) is 2.13. The molecule has 3 nitrogen and oxygen atoms in total. The molecule has 84 valence electrons. The molecule has 0 saturated heterocycles. The predicted molar refractivity (Wildman–Crippen MR) is 58.2 cm³/mol. The van der Waals surface area contributed by atoms with Crippen LogP contribution in [0.5, 0.6) is 0 Å². The van der Waals surface area contributed by atoms with Crippen LogP contribution in [0, 0.1) is 5.92 Å². The van der Waals surface area contributed by atoms with Gasteiger partial charge in [0.2, 0.25) is 0 Å². The van der Waals surface area contributed by atoms with Gasteiger partial charge in [0.05, 0.1) is 13.5 Å². The van der Waals surface area contributed by atoms with E-state index in [-0.39, 0.29) is 12.0 Å². The van der Waals surface area contributed by atoms with Gasteiger partial charge in [0, 0.05) is 6.04 Å². The molecule has 0 amide bonds. The Morgan fingerprint density at radius 2 is 2.07 bits per heavy atom. The van der Waals surface area contributed by atoms with Gasteiger partial charge in [-0.2, -0.15) is 0 Å². The lowest BCUT2D eigenvalue weighted by Gasteiger charge is -2.19. The van der Waals surface area contributed by atoms with E-state index in [4.69, 9.17) is 0 Å². The Hall–Kier alpha value is -0.570. The maximum absolute atomic E-state index is 11.1. The molecule has 1 atom stereocenters. The number of nitrogens with one attached hydrogen (secondary N) is 1. The third kappa shape index (κ3) is 6.89. The highest BCUT2D eigenvalue weighted by atomic mass is 16.5. The number of hydrogen-bond acceptors (Lipinski definition) is 3. The number of methoxy groups -OCH3 is 1. The average molecular weight is 201 g/mol. The number of ether oxygens (including phenoxy) is 1. The SMILES string of the molecule is CCCNC(CC(=O)OC)CC(C)C. The van der Waals surface area contributed by atoms with E-state index in [1.807, 2.05) is 0 Å². The third-order valence-electron chi connectivity index (χ3n) is 2.08. The molecule has 0 saturated carbocycles. The third-order valence-corrected chi connectivity index (χ3v) is 2.08. The van der Waals surface area contributed by atoms with Crippen molar-refractivity contribution in [3.8, 4) is 0 Å². The monoisotopic (exact) mass is 201 g/mol. The van der Waals surface area contributed by atoms with Gasteiger partial charge in [-0.15, -0.1) is 0 Å². The fourth-order valence-electron chi connectivity index (χ4n) is 1.44. The molecular formula is C11H23NO2. The summed E-state index contributed by atoms with van der Waals surface area (Å²) in [5.74, 6) is 0.480. The Bertz CT molecular complexity index is 157. The molecule has 0 rings (SSSR count). The van der Waals surface area contributed by atoms with Crippen molar-refractivity contribution in [2.24, 2.45) is 5.92 Å². The van der Waals surface area contributed by atoms with Crippen LogP contribution in [0.1, 0.15) is 40.0 Å². The number of rotatable bonds is 7. The summed E-state index contributed by atoms with van der Waals surface area (Å²) in [6.07, 6.45) is 2.60. The van der Waals surface area contributed by atoms with Crippen LogP contribution in [0.2, 0.25) is 0 Å². The van der Waals surface area contributed by atoms with Gasteiger partial charge in [-0.1, -0.05) is 20.8 Å². The molecule has 14 heavy (non-hydrogen) atoms. The topological polar surface area (TPSA) is 38.3 Å². The second kappa shape index (κ2) is 7.80. The molecule has 0 aromatic carbocycles. The minimum atomic E-state index is -0.126. The zero-order valence-electron chi connectivity index (χ0n) is 9.80. The van der Waals surface area contributed by atoms with Crippen molar-refractivity contribution >= 4 is 5.97 Å². The van der Waals surface area contributed by atoms with Gasteiger partial charge < -0.3 is 10.1 Å². The van der Waals surface area contributed by atoms with Crippen molar-refractivity contribution < 1.29 is 9.53 Å². The number of esters is 1. The summed E-state index contributed by atoms with van der Waals surface area (Å²) in [5.41, 5.74) is 0. The Kier molecular flexibility index (Phi) is 7.48. The lowest BCUT2D eigenvalue weighted by Crippen LogP contribution is -2.33. The molecule has 0 aromatic heterocycles. The maximum Gasteiger partial charge on any atom is 0.307 e. The molecule has 1 N–H and O–H groups in total. The van der Waals surface area contributed by atoms with Gasteiger partial charge >= 0.3 is 5.97 Å². The van der Waals surface area contributed by atoms with Crippen LogP contribution in [0.4, 0.5) is 0 Å². The minimum Gasteiger partial charge on any atom is -0.469 e. The van der Waals surface area contributed by atoms with E-state index in [1.165, 1.54) is 7.11 Å². The molecule has 3 heteroatoms. The van der Waals surface area contributed by atoms with E-state index in [9.17, 15) is 4.79 Å². The molecule has 0 radical (unpaired) electrons. The van der Waals surface area contributed by atoms with Crippen molar-refractivity contribution in [1.82, 2.24) is 5.32 Å². The van der Waals surface area contributed by atoms with Crippen LogP contribution in [-0.4, -0.2) is 25.7 Å². The summed E-state index contributed by atoms with van der Waals surface area (Å²) in [6.45, 7) is 7.42. The summed E-state index contributed by atoms with van der Waals surface area (Å²) in [6, 6.07) is 0.266. The first-order valence-corrected chi connectivity index (χ1v) is 5.40. The van der Waals surface area contributed by atoms with Crippen LogP contribution in [-0.2, 0) is 9.53 Å². The Labute approximate surface area is 87.2 Å². The number of hydrogen-bond donors (Lipinski definition) is 1. The lowest BCUT2D eigenvalue weighted by molar-refractivity contribution is -0.141. The Morgan fingerprint density at radius 1 is 1.43 bits per heavy atom. The van der Waals surface area contributed by atoms with Gasteiger partial charge in [0.25, 0.3) is 0 Å². The van der Waals surface area contributed by atoms with Gasteiger partial charge in [0.15, 0.2) is 0 Å². The second-order valence-corrected chi connectivity index (χ2v) is 4.06. The molecule has 0 aliphatic carbocycles. The van der Waals surface area contributed by atoms with Crippen molar-refractivity contribution in [2.45, 2.75) is 46.1 Å². The fourth-order valence-corrected chi connectivity index (χ4v) is 1.44. The normalized spacial score (nSPS) is 12.9. The summed E-state index contributed by atoms with van der Waals surface area (Å²) in [4.78, 5) is 11.1. The minimum absolute atomic E-state index is 0.126. The zero-order valence-corrected chi connectivity index (χ0v) is 9.80. The summed E-state index contributed by atoms with van der Waals surface area (Å²) >= 11 is 0. The molecule has 0 aliphatic rings. The van der Waals surface area contributed by atoms with Crippen LogP contribution in [0.15, 0.2) is 0 Å². The molecule has 0 fully saturated rings. The van der Waals surface area contributed by atoms with Crippen molar-refractivity contribution in [3.63, 3.8) is 0 Å². The van der Waals surface area contributed by atoms with Crippen molar-refractivity contribution in [3.05, 3.63) is 0 Å². The fraction of sp³-hybridized carbons (Fsp3) is 0.909. The summed E-state index contributed by atoms with van der Waals surface area (Å²) < 4.78 is 4.66. The maximum atomic E-state index is 11.1. The van der Waals surface area contributed by atoms with Gasteiger partial charge in [-0.25, -0.2) is 0 Å². The second-order valence-electron chi connectivity index (χ2n) is 4.06. The number of carbonyl (C=O) groups is 1. The number of carbonyl (C=O) groups excluding carboxylic acids is 1. The molecule has 0 heterocycles. The quantitative estimate of drug-likeness (QED) is 0.640. The molecular weight excluding hydrogens is 178 g/mol. The summed E-state index contributed by atoms with van der Waals surface area (Å²) in [7, 11) is 1.44. The van der Waals surface area contributed by atoms with Crippen LogP contribution in [0.3, 0.4) is 0 Å². The van der Waals surface area contributed by atoms with E-state index in [0.29, 0.717) is 12.3 Å². The molecule has 0 aliphatic heterocycles. The van der Waals surface area contributed by atoms with Crippen molar-refractivity contribution in [1.29, 1.82) is 0 Å². The summed E-state index contributed by atoms with van der Waals surface area (Å²) in [5, 5.41) is 3.37. The highest BCUT2D eigenvalue weighted by Crippen LogP contribution is 2.08. The van der Waals surface area contributed by atoms with Crippen LogP contribution >= 0.6 is 0 Å². The first kappa shape index (κ1) is 13.4. The smallest absolute Gasteiger partial charge is 0.307 e. The Balaban J connectivity index is 3.89. The zero-order chi connectivity index (χ0) is 11.0. The van der Waals surface area contributed by atoms with Gasteiger partial charge in [-0.3, -0.25) is 4.79 Å². The largest absolute Gasteiger partial charge is 0.469 e. The van der Waals surface area contributed by atoms with Gasteiger partial charge in [0.1, 0.15) is 0 Å².